The third kappa shape index (κ3) is 6.18. The lowest BCUT2D eigenvalue weighted by molar-refractivity contribution is 0.0558. The van der Waals surface area contributed by atoms with Crippen molar-refractivity contribution in [3.05, 3.63) is 24.3 Å². The van der Waals surface area contributed by atoms with E-state index in [4.69, 9.17) is 20.9 Å². The molecule has 0 radical (unpaired) electrons. The van der Waals surface area contributed by atoms with Crippen LogP contribution in [-0.4, -0.2) is 23.5 Å². The predicted octanol–water partition coefficient (Wildman–Crippen LogP) is 2.83. The van der Waals surface area contributed by atoms with Crippen LogP contribution in [0, 0.1) is 0 Å². The maximum absolute atomic E-state index is 5.93. The first-order valence-electron chi connectivity index (χ1n) is 6.51. The normalized spacial score (nSPS) is 13.3. The van der Waals surface area contributed by atoms with Gasteiger partial charge >= 0.3 is 0 Å². The number of thioether (sulfide) groups is 1. The molecule has 1 aromatic carbocycles. The molecule has 1 aromatic rings. The molecule has 4 N–H and O–H groups in total. The van der Waals surface area contributed by atoms with E-state index in [1.54, 1.807) is 11.8 Å². The minimum atomic E-state index is -0.312. The highest BCUT2D eigenvalue weighted by Gasteiger charge is 2.24. The van der Waals surface area contributed by atoms with Gasteiger partial charge in [0.2, 0.25) is 0 Å². The molecule has 5 heteroatoms. The van der Waals surface area contributed by atoms with Gasteiger partial charge in [0.05, 0.1) is 6.61 Å². The third-order valence-corrected chi connectivity index (χ3v) is 3.84. The number of hydrogen-bond donors (Lipinski definition) is 2. The van der Waals surface area contributed by atoms with Crippen molar-refractivity contribution >= 4 is 17.4 Å². The van der Waals surface area contributed by atoms with Gasteiger partial charge in [-0.05, 0) is 44.5 Å². The summed E-state index contributed by atoms with van der Waals surface area (Å²) in [5.74, 6) is 0.822. The summed E-state index contributed by atoms with van der Waals surface area (Å²) in [5.41, 5.74) is 11.9. The van der Waals surface area contributed by atoms with Crippen LogP contribution in [-0.2, 0) is 4.74 Å². The summed E-state index contributed by atoms with van der Waals surface area (Å²) in [4.78, 5) is -0.312. The maximum Gasteiger partial charge on any atom is 0.146 e. The summed E-state index contributed by atoms with van der Waals surface area (Å²) in [6.07, 6.45) is 0.893. The second-order valence-corrected chi connectivity index (χ2v) is 6.42. The molecule has 1 rings (SSSR count). The lowest BCUT2D eigenvalue weighted by Crippen LogP contribution is -2.28. The van der Waals surface area contributed by atoms with Crippen LogP contribution in [0.5, 0.6) is 5.75 Å². The Morgan fingerprint density at radius 2 is 1.89 bits per heavy atom. The average molecular weight is 284 g/mol. The number of nitrogen functional groups attached to an aromatic ring is 1. The topological polar surface area (TPSA) is 70.5 Å². The van der Waals surface area contributed by atoms with E-state index < -0.39 is 0 Å². The molecule has 0 aromatic heterocycles. The highest BCUT2D eigenvalue weighted by molar-refractivity contribution is 8.00. The summed E-state index contributed by atoms with van der Waals surface area (Å²) >= 11 is 1.65. The zero-order chi connectivity index (χ0) is 14.3. The second kappa shape index (κ2) is 7.62. The molecule has 0 aliphatic rings. The Hall–Kier alpha value is -0.910. The Labute approximate surface area is 119 Å². The van der Waals surface area contributed by atoms with Gasteiger partial charge in [-0.1, -0.05) is 18.7 Å². The lowest BCUT2D eigenvalue weighted by atomic mass is 10.3. The van der Waals surface area contributed by atoms with E-state index in [1.807, 2.05) is 38.1 Å². The molecule has 0 fully saturated rings. The smallest absolute Gasteiger partial charge is 0.146 e. The summed E-state index contributed by atoms with van der Waals surface area (Å²) in [5, 5.41) is 0. The number of ether oxygens (including phenoxy) is 2. The summed E-state index contributed by atoms with van der Waals surface area (Å²) in [6, 6.07) is 7.43. The fraction of sp³-hybridized carbons (Fsp3) is 0.571. The molecule has 0 spiro atoms. The number of nitrogens with two attached hydrogens (primary N) is 2. The van der Waals surface area contributed by atoms with Gasteiger partial charge in [-0.25, -0.2) is 0 Å². The van der Waals surface area contributed by atoms with Crippen molar-refractivity contribution in [2.24, 2.45) is 5.73 Å². The van der Waals surface area contributed by atoms with Crippen LogP contribution in [0.3, 0.4) is 0 Å². The van der Waals surface area contributed by atoms with Gasteiger partial charge < -0.3 is 20.9 Å². The van der Waals surface area contributed by atoms with E-state index in [2.05, 4.69) is 6.92 Å². The van der Waals surface area contributed by atoms with Crippen molar-refractivity contribution in [3.63, 3.8) is 0 Å². The third-order valence-electron chi connectivity index (χ3n) is 2.46. The van der Waals surface area contributed by atoms with Crippen molar-refractivity contribution in [1.29, 1.82) is 0 Å². The van der Waals surface area contributed by atoms with Gasteiger partial charge in [-0.3, -0.25) is 0 Å². The molecular weight excluding hydrogens is 260 g/mol. The number of hydrogen-bond acceptors (Lipinski definition) is 5. The molecule has 0 aliphatic carbocycles. The number of anilines is 1. The Kier molecular flexibility index (Phi) is 6.48. The first-order valence-corrected chi connectivity index (χ1v) is 7.39. The van der Waals surface area contributed by atoms with Crippen LogP contribution in [0.1, 0.15) is 27.2 Å². The highest BCUT2D eigenvalue weighted by atomic mass is 32.2. The predicted molar refractivity (Wildman–Crippen MR) is 82.2 cm³/mol. The molecule has 0 bridgehead atoms. The van der Waals surface area contributed by atoms with Gasteiger partial charge in [0.1, 0.15) is 16.1 Å². The Bertz CT molecular complexity index is 368. The van der Waals surface area contributed by atoms with Crippen molar-refractivity contribution in [2.45, 2.75) is 37.6 Å². The van der Waals surface area contributed by atoms with Crippen molar-refractivity contribution in [1.82, 2.24) is 0 Å². The summed E-state index contributed by atoms with van der Waals surface area (Å²) < 4.78 is 11.6. The van der Waals surface area contributed by atoms with Crippen molar-refractivity contribution in [2.75, 3.05) is 18.9 Å². The summed E-state index contributed by atoms with van der Waals surface area (Å²) in [6.45, 7) is 7.23. The van der Waals surface area contributed by atoms with Gasteiger partial charge in [0.25, 0.3) is 0 Å². The van der Waals surface area contributed by atoms with Crippen LogP contribution >= 0.6 is 11.8 Å². The average Bonchev–Trinajstić information content (AvgIpc) is 2.38. The minimum absolute atomic E-state index is 0.0383. The van der Waals surface area contributed by atoms with E-state index >= 15 is 0 Å². The molecular formula is C14H24N2O2S. The standard InChI is InChI=1S/C14H24N2O2S/c1-4-13(19-14(2,3)17-10-9-15)18-12-7-5-11(16)6-8-12/h5-8,13H,4,9-10,15-16H2,1-3H3. The monoisotopic (exact) mass is 284 g/mol. The SMILES string of the molecule is CCC(Oc1ccc(N)cc1)SC(C)(C)OCCN. The van der Waals surface area contributed by atoms with Crippen LogP contribution in [0.15, 0.2) is 24.3 Å². The van der Waals surface area contributed by atoms with Crippen molar-refractivity contribution < 1.29 is 9.47 Å². The number of rotatable bonds is 8. The van der Waals surface area contributed by atoms with Crippen LogP contribution in [0.4, 0.5) is 5.69 Å². The zero-order valence-corrected chi connectivity index (χ0v) is 12.7. The Balaban J connectivity index is 2.55. The lowest BCUT2D eigenvalue weighted by Gasteiger charge is -2.29. The maximum atomic E-state index is 5.93. The molecule has 0 aliphatic heterocycles. The molecule has 19 heavy (non-hydrogen) atoms. The van der Waals surface area contributed by atoms with E-state index in [0.29, 0.717) is 13.2 Å². The Morgan fingerprint density at radius 1 is 1.26 bits per heavy atom. The molecule has 0 saturated carbocycles. The van der Waals surface area contributed by atoms with E-state index in [0.717, 1.165) is 17.9 Å². The van der Waals surface area contributed by atoms with Gasteiger partial charge in [-0.15, -0.1) is 0 Å². The van der Waals surface area contributed by atoms with Crippen LogP contribution < -0.4 is 16.2 Å². The van der Waals surface area contributed by atoms with Gasteiger partial charge in [-0.2, -0.15) is 0 Å². The molecule has 1 unspecified atom stereocenters. The van der Waals surface area contributed by atoms with E-state index in [9.17, 15) is 0 Å². The largest absolute Gasteiger partial charge is 0.480 e. The minimum Gasteiger partial charge on any atom is -0.480 e. The molecule has 0 amide bonds. The zero-order valence-electron chi connectivity index (χ0n) is 11.9. The highest BCUT2D eigenvalue weighted by Crippen LogP contribution is 2.33. The van der Waals surface area contributed by atoms with Crippen molar-refractivity contribution in [3.8, 4) is 5.75 Å². The summed E-state index contributed by atoms with van der Waals surface area (Å²) in [7, 11) is 0. The number of benzene rings is 1. The fourth-order valence-corrected chi connectivity index (χ4v) is 2.65. The van der Waals surface area contributed by atoms with Gasteiger partial charge in [0, 0.05) is 12.2 Å². The first kappa shape index (κ1) is 16.1. The fourth-order valence-electron chi connectivity index (χ4n) is 1.54. The molecule has 0 heterocycles. The van der Waals surface area contributed by atoms with E-state index in [1.165, 1.54) is 0 Å². The Morgan fingerprint density at radius 3 is 2.42 bits per heavy atom. The molecule has 4 nitrogen and oxygen atoms in total. The van der Waals surface area contributed by atoms with E-state index in [-0.39, 0.29) is 10.4 Å². The molecule has 1 atom stereocenters. The van der Waals surface area contributed by atoms with Crippen LogP contribution in [0.2, 0.25) is 0 Å². The first-order chi connectivity index (χ1) is 8.96. The quantitative estimate of drug-likeness (QED) is 0.567. The van der Waals surface area contributed by atoms with Gasteiger partial charge in [0.15, 0.2) is 0 Å². The molecule has 0 saturated heterocycles. The second-order valence-electron chi connectivity index (χ2n) is 4.68. The molecule has 108 valence electrons. The van der Waals surface area contributed by atoms with Crippen LogP contribution in [0.25, 0.3) is 0 Å².